The molecule has 0 saturated carbocycles. The fourth-order valence-corrected chi connectivity index (χ4v) is 3.51. The van der Waals surface area contributed by atoms with Crippen LogP contribution in [0.5, 0.6) is 0 Å². The van der Waals surface area contributed by atoms with E-state index in [1.54, 1.807) is 12.4 Å². The van der Waals surface area contributed by atoms with E-state index in [0.717, 1.165) is 37.6 Å². The highest BCUT2D eigenvalue weighted by atomic mass is 16.1. The van der Waals surface area contributed by atoms with E-state index >= 15 is 0 Å². The number of nitrogens with one attached hydrogen (secondary N) is 1. The third kappa shape index (κ3) is 4.97. The summed E-state index contributed by atoms with van der Waals surface area (Å²) in [4.78, 5) is 15.3. The summed E-state index contributed by atoms with van der Waals surface area (Å²) in [6.07, 6.45) is 5.22. The quantitative estimate of drug-likeness (QED) is 0.579. The predicted molar refractivity (Wildman–Crippen MR) is 120 cm³/mol. The molecule has 1 N–H and O–H groups in total. The molecular weight excluding hydrogens is 376 g/mol. The first-order chi connectivity index (χ1) is 14.4. The molecule has 0 spiro atoms. The number of amides is 1. The lowest BCUT2D eigenvalue weighted by atomic mass is 10.0. The van der Waals surface area contributed by atoms with E-state index < -0.39 is 0 Å². The Kier molecular flexibility index (Phi) is 7.05. The second-order valence-electron chi connectivity index (χ2n) is 7.82. The lowest BCUT2D eigenvalue weighted by molar-refractivity contribution is 0.102. The highest BCUT2D eigenvalue weighted by molar-refractivity contribution is 6.05. The second kappa shape index (κ2) is 9.71. The molecule has 0 unspecified atom stereocenters. The number of aromatic nitrogens is 4. The Morgan fingerprint density at radius 2 is 1.80 bits per heavy atom. The summed E-state index contributed by atoms with van der Waals surface area (Å²) in [6, 6.07) is 8.15. The van der Waals surface area contributed by atoms with Gasteiger partial charge >= 0.3 is 0 Å². The van der Waals surface area contributed by atoms with Crippen LogP contribution in [-0.4, -0.2) is 50.0 Å². The highest BCUT2D eigenvalue weighted by Gasteiger charge is 2.21. The Bertz CT molecular complexity index is 966. The SMILES string of the molecule is CCN(CC)CCn1cc(NC(=O)c2cnn(-c3ccc(C)cc3)c2C(C)C)cn1. The summed E-state index contributed by atoms with van der Waals surface area (Å²) in [5.41, 5.74) is 4.31. The normalized spacial score (nSPS) is 11.4. The van der Waals surface area contributed by atoms with Gasteiger partial charge in [-0.25, -0.2) is 4.68 Å². The highest BCUT2D eigenvalue weighted by Crippen LogP contribution is 2.24. The van der Waals surface area contributed by atoms with Crippen molar-refractivity contribution in [1.29, 1.82) is 0 Å². The molecule has 0 aliphatic rings. The number of hydrogen-bond acceptors (Lipinski definition) is 4. The number of rotatable bonds is 9. The van der Waals surface area contributed by atoms with E-state index in [-0.39, 0.29) is 11.8 Å². The van der Waals surface area contributed by atoms with Crippen LogP contribution in [0.3, 0.4) is 0 Å². The number of nitrogens with zero attached hydrogens (tertiary/aromatic N) is 5. The number of likely N-dealkylation sites (N-methyl/N-ethyl adjacent to an activating group) is 1. The topological polar surface area (TPSA) is 68.0 Å². The Morgan fingerprint density at radius 3 is 2.43 bits per heavy atom. The average Bonchev–Trinajstić information content (AvgIpc) is 3.36. The lowest BCUT2D eigenvalue weighted by Crippen LogP contribution is -2.27. The van der Waals surface area contributed by atoms with E-state index in [1.165, 1.54) is 5.56 Å². The summed E-state index contributed by atoms with van der Waals surface area (Å²) in [5.74, 6) is -0.0216. The van der Waals surface area contributed by atoms with Crippen molar-refractivity contribution < 1.29 is 4.79 Å². The maximum atomic E-state index is 13.0. The van der Waals surface area contributed by atoms with Gasteiger partial charge in [-0.1, -0.05) is 45.4 Å². The minimum atomic E-state index is -0.166. The van der Waals surface area contributed by atoms with E-state index in [0.29, 0.717) is 11.3 Å². The summed E-state index contributed by atoms with van der Waals surface area (Å²) < 4.78 is 3.72. The third-order valence-electron chi connectivity index (χ3n) is 5.31. The lowest BCUT2D eigenvalue weighted by Gasteiger charge is -2.17. The summed E-state index contributed by atoms with van der Waals surface area (Å²) in [6.45, 7) is 14.3. The molecule has 7 nitrogen and oxygen atoms in total. The second-order valence-corrected chi connectivity index (χ2v) is 7.82. The summed E-state index contributed by atoms with van der Waals surface area (Å²) >= 11 is 0. The Labute approximate surface area is 178 Å². The van der Waals surface area contributed by atoms with Gasteiger partial charge in [-0.3, -0.25) is 9.48 Å². The van der Waals surface area contributed by atoms with Crippen LogP contribution in [0.15, 0.2) is 42.9 Å². The number of anilines is 1. The molecule has 0 atom stereocenters. The Balaban J connectivity index is 1.75. The van der Waals surface area contributed by atoms with E-state index in [9.17, 15) is 4.79 Å². The molecule has 0 bridgehead atoms. The zero-order valence-corrected chi connectivity index (χ0v) is 18.6. The summed E-state index contributed by atoms with van der Waals surface area (Å²) in [7, 11) is 0. The molecule has 1 aromatic carbocycles. The average molecular weight is 409 g/mol. The van der Waals surface area contributed by atoms with Gasteiger partial charge in [-0.15, -0.1) is 0 Å². The van der Waals surface area contributed by atoms with Crippen molar-refractivity contribution in [2.75, 3.05) is 25.0 Å². The molecule has 7 heteroatoms. The maximum absolute atomic E-state index is 13.0. The Morgan fingerprint density at radius 1 is 1.10 bits per heavy atom. The molecule has 0 radical (unpaired) electrons. The van der Waals surface area contributed by atoms with Crippen LogP contribution < -0.4 is 5.32 Å². The summed E-state index contributed by atoms with van der Waals surface area (Å²) in [5, 5.41) is 11.9. The van der Waals surface area contributed by atoms with Gasteiger partial charge in [0.2, 0.25) is 0 Å². The molecule has 3 rings (SSSR count). The van der Waals surface area contributed by atoms with E-state index in [4.69, 9.17) is 0 Å². The zero-order valence-electron chi connectivity index (χ0n) is 18.6. The van der Waals surface area contributed by atoms with Crippen molar-refractivity contribution in [3.05, 3.63) is 59.7 Å². The maximum Gasteiger partial charge on any atom is 0.259 e. The molecule has 0 fully saturated rings. The van der Waals surface area contributed by atoms with E-state index in [2.05, 4.69) is 55.0 Å². The van der Waals surface area contributed by atoms with Gasteiger partial charge in [0.1, 0.15) is 0 Å². The molecule has 2 aromatic heterocycles. The van der Waals surface area contributed by atoms with Gasteiger partial charge in [-0.2, -0.15) is 10.2 Å². The number of benzene rings is 1. The van der Waals surface area contributed by atoms with Gasteiger partial charge in [0.05, 0.1) is 41.6 Å². The van der Waals surface area contributed by atoms with Crippen LogP contribution >= 0.6 is 0 Å². The van der Waals surface area contributed by atoms with Gasteiger partial charge < -0.3 is 10.2 Å². The van der Waals surface area contributed by atoms with Crippen molar-refractivity contribution in [3.63, 3.8) is 0 Å². The fourth-order valence-electron chi connectivity index (χ4n) is 3.51. The third-order valence-corrected chi connectivity index (χ3v) is 5.31. The largest absolute Gasteiger partial charge is 0.319 e. The van der Waals surface area contributed by atoms with Crippen molar-refractivity contribution in [1.82, 2.24) is 24.5 Å². The number of carbonyl (C=O) groups excluding carboxylic acids is 1. The number of hydrogen-bond donors (Lipinski definition) is 1. The van der Waals surface area contributed by atoms with Crippen molar-refractivity contribution in [2.24, 2.45) is 0 Å². The minimum Gasteiger partial charge on any atom is -0.319 e. The molecule has 2 heterocycles. The van der Waals surface area contributed by atoms with Gasteiger partial charge in [0.15, 0.2) is 0 Å². The molecule has 160 valence electrons. The number of carbonyl (C=O) groups is 1. The molecule has 30 heavy (non-hydrogen) atoms. The van der Waals surface area contributed by atoms with Gasteiger partial charge in [0.25, 0.3) is 5.91 Å². The minimum absolute atomic E-state index is 0.145. The molecule has 0 aliphatic heterocycles. The van der Waals surface area contributed by atoms with Crippen molar-refractivity contribution in [3.8, 4) is 5.69 Å². The van der Waals surface area contributed by atoms with Crippen LogP contribution in [0.2, 0.25) is 0 Å². The van der Waals surface area contributed by atoms with Crippen LogP contribution in [-0.2, 0) is 6.54 Å². The first-order valence-corrected chi connectivity index (χ1v) is 10.6. The first-order valence-electron chi connectivity index (χ1n) is 10.6. The molecular formula is C23H32N6O. The smallest absolute Gasteiger partial charge is 0.259 e. The molecule has 1 amide bonds. The molecule has 0 saturated heterocycles. The molecule has 3 aromatic rings. The monoisotopic (exact) mass is 408 g/mol. The van der Waals surface area contributed by atoms with Crippen LogP contribution in [0.25, 0.3) is 5.69 Å². The van der Waals surface area contributed by atoms with Crippen LogP contribution in [0.1, 0.15) is 55.2 Å². The Hall–Kier alpha value is -2.93. The van der Waals surface area contributed by atoms with Gasteiger partial charge in [-0.05, 0) is 38.1 Å². The zero-order chi connectivity index (χ0) is 21.7. The fraction of sp³-hybridized carbons (Fsp3) is 0.435. The van der Waals surface area contributed by atoms with Crippen LogP contribution in [0.4, 0.5) is 5.69 Å². The van der Waals surface area contributed by atoms with Crippen molar-refractivity contribution in [2.45, 2.75) is 47.1 Å². The number of aryl methyl sites for hydroxylation is 1. The van der Waals surface area contributed by atoms with E-state index in [1.807, 2.05) is 39.8 Å². The molecule has 0 aliphatic carbocycles. The predicted octanol–water partition coefficient (Wildman–Crippen LogP) is 4.09. The van der Waals surface area contributed by atoms with Gasteiger partial charge in [0, 0.05) is 12.7 Å². The standard InChI is InChI=1S/C23H32N6O/c1-6-27(7-2)12-13-28-16-19(14-24-28)26-23(30)21-15-25-29(22(21)17(3)4)20-10-8-18(5)9-11-20/h8-11,14-17H,6-7,12-13H2,1-5H3,(H,26,30). The van der Waals surface area contributed by atoms with Crippen molar-refractivity contribution >= 4 is 11.6 Å². The van der Waals surface area contributed by atoms with Crippen LogP contribution in [0, 0.1) is 6.92 Å². The first kappa shape index (κ1) is 21.8.